The Morgan fingerprint density at radius 2 is 1.10 bits per heavy atom. The van der Waals surface area contributed by atoms with Crippen LogP contribution in [0.3, 0.4) is 0 Å². The van der Waals surface area contributed by atoms with Crippen LogP contribution in [0.15, 0.2) is 65.8 Å². The van der Waals surface area contributed by atoms with Gasteiger partial charge in [-0.3, -0.25) is 28.8 Å². The summed E-state index contributed by atoms with van der Waals surface area (Å²) in [6.45, 7) is 8.53. The first kappa shape index (κ1) is 44.5. The van der Waals surface area contributed by atoms with Crippen LogP contribution >= 0.6 is 19.7 Å². The van der Waals surface area contributed by atoms with Crippen molar-refractivity contribution in [2.75, 3.05) is 44.8 Å². The predicted octanol–water partition coefficient (Wildman–Crippen LogP) is 2.84. The molecule has 268 valence electrons. The van der Waals surface area contributed by atoms with Gasteiger partial charge in [0.2, 0.25) is 29.5 Å². The van der Waals surface area contributed by atoms with Crippen LogP contribution in [0.5, 0.6) is 0 Å². The second kappa shape index (κ2) is 29.7. The second-order valence-electron chi connectivity index (χ2n) is 9.92. The summed E-state index contributed by atoms with van der Waals surface area (Å²) >= 11 is 1.46. The van der Waals surface area contributed by atoms with Gasteiger partial charge in [-0.05, 0) is 24.1 Å². The quantitative estimate of drug-likeness (QED) is 0.0511. The molecule has 5 amide bonds. The van der Waals surface area contributed by atoms with E-state index in [4.69, 9.17) is 5.53 Å². The summed E-state index contributed by atoms with van der Waals surface area (Å²) in [5.41, 5.74) is 8.80. The van der Waals surface area contributed by atoms with Crippen LogP contribution in [0.4, 0.5) is 0 Å². The summed E-state index contributed by atoms with van der Waals surface area (Å²) in [7, 11) is -0.447. The lowest BCUT2D eigenvalue weighted by Gasteiger charge is -2.17. The standard InChI is InChI=1S/C16H17OPS.C10H19N3O3.C7H13N5O2/c1-2-16(17)19-13-18(14-9-5-3-6-10-14)15-11-7-4-8-12-15;1-3-9(15)12-6-7-13-10(16)4-5-11-8(2)14;1-6(13)9-3-2-7(14)10-4-5-11-12-8/h3-12H,2,13H2,1H3;3-7H2,1-2H3,(H,11,14)(H,12,15)(H,13,16);2-5H2,1H3,(H,9,13)(H,10,14). The number of benzene rings is 2. The summed E-state index contributed by atoms with van der Waals surface area (Å²) in [5, 5.41) is 19.0. The SMILES string of the molecule is CC(=O)NCCC(=O)NCCN=[N+]=[N-].CCC(=O)NCCNC(=O)CCNC(C)=O.CCC(=O)SCP(c1ccccc1)c1ccccc1. The molecule has 0 saturated carbocycles. The molecule has 0 aromatic heterocycles. The number of thioether (sulfide) groups is 1. The number of carbonyl (C=O) groups is 6. The van der Waals surface area contributed by atoms with Crippen molar-refractivity contribution >= 4 is 64.9 Å². The molecule has 0 saturated heterocycles. The minimum atomic E-state index is -0.447. The Morgan fingerprint density at radius 3 is 1.51 bits per heavy atom. The van der Waals surface area contributed by atoms with E-state index in [9.17, 15) is 28.8 Å². The Kier molecular flexibility index (Phi) is 27.0. The van der Waals surface area contributed by atoms with E-state index < -0.39 is 7.92 Å². The van der Waals surface area contributed by atoms with E-state index in [0.29, 0.717) is 45.6 Å². The second-order valence-corrected chi connectivity index (χ2v) is 13.6. The highest BCUT2D eigenvalue weighted by Crippen LogP contribution is 2.37. The van der Waals surface area contributed by atoms with Gasteiger partial charge in [0.1, 0.15) is 0 Å². The van der Waals surface area contributed by atoms with Crippen molar-refractivity contribution in [2.24, 2.45) is 5.11 Å². The fraction of sp³-hybridized carbons (Fsp3) is 0.455. The van der Waals surface area contributed by atoms with E-state index in [1.165, 1.54) is 36.2 Å². The van der Waals surface area contributed by atoms with Crippen LogP contribution in [0, 0.1) is 0 Å². The van der Waals surface area contributed by atoms with Crippen LogP contribution in [-0.4, -0.2) is 79.4 Å². The number of rotatable bonds is 18. The van der Waals surface area contributed by atoms with E-state index in [2.05, 4.69) is 85.1 Å². The summed E-state index contributed by atoms with van der Waals surface area (Å²) in [5.74, 6) is -0.659. The molecule has 2 aromatic carbocycles. The summed E-state index contributed by atoms with van der Waals surface area (Å²) in [4.78, 5) is 68.0. The van der Waals surface area contributed by atoms with Crippen molar-refractivity contribution in [3.63, 3.8) is 0 Å². The molecule has 0 aliphatic rings. The van der Waals surface area contributed by atoms with E-state index in [0.717, 1.165) is 5.49 Å². The lowest BCUT2D eigenvalue weighted by Crippen LogP contribution is -2.35. The molecule has 0 radical (unpaired) electrons. The zero-order valence-electron chi connectivity index (χ0n) is 28.7. The Morgan fingerprint density at radius 1 is 0.653 bits per heavy atom. The zero-order valence-corrected chi connectivity index (χ0v) is 30.4. The highest BCUT2D eigenvalue weighted by atomic mass is 32.2. The topological polar surface area (TPSA) is 211 Å². The molecule has 5 N–H and O–H groups in total. The van der Waals surface area contributed by atoms with Gasteiger partial charge < -0.3 is 26.6 Å². The van der Waals surface area contributed by atoms with E-state index in [1.807, 2.05) is 19.1 Å². The number of azide groups is 1. The third kappa shape index (κ3) is 26.2. The van der Waals surface area contributed by atoms with Crippen LogP contribution in [-0.2, 0) is 28.8 Å². The van der Waals surface area contributed by atoms with Crippen molar-refractivity contribution in [3.8, 4) is 0 Å². The summed E-state index contributed by atoms with van der Waals surface area (Å²) in [6, 6.07) is 21.0. The van der Waals surface area contributed by atoms with Crippen molar-refractivity contribution < 1.29 is 28.8 Å². The molecule has 0 bridgehead atoms. The van der Waals surface area contributed by atoms with Gasteiger partial charge in [0, 0.05) is 89.2 Å². The number of hydrogen-bond donors (Lipinski definition) is 5. The molecule has 0 atom stereocenters. The van der Waals surface area contributed by atoms with Crippen molar-refractivity contribution in [3.05, 3.63) is 71.1 Å². The number of amides is 5. The fourth-order valence-electron chi connectivity index (χ4n) is 3.45. The van der Waals surface area contributed by atoms with Gasteiger partial charge in [0.15, 0.2) is 5.12 Å². The monoisotopic (exact) mass is 716 g/mol. The van der Waals surface area contributed by atoms with Crippen molar-refractivity contribution in [1.82, 2.24) is 26.6 Å². The molecule has 2 aromatic rings. The molecule has 14 nitrogen and oxygen atoms in total. The maximum Gasteiger partial charge on any atom is 0.221 e. The maximum atomic E-state index is 11.6. The minimum Gasteiger partial charge on any atom is -0.356 e. The minimum absolute atomic E-state index is 0.0347. The Labute approximate surface area is 294 Å². The number of hydrogen-bond acceptors (Lipinski definition) is 8. The van der Waals surface area contributed by atoms with Crippen molar-refractivity contribution in [1.29, 1.82) is 0 Å². The Hall–Kier alpha value is -4.45. The molecule has 16 heteroatoms. The van der Waals surface area contributed by atoms with E-state index >= 15 is 0 Å². The first-order valence-electron chi connectivity index (χ1n) is 15.9. The van der Waals surface area contributed by atoms with Gasteiger partial charge >= 0.3 is 0 Å². The summed E-state index contributed by atoms with van der Waals surface area (Å²) in [6.07, 6.45) is 1.53. The molecule has 0 aliphatic carbocycles. The van der Waals surface area contributed by atoms with Crippen LogP contribution < -0.4 is 37.2 Å². The van der Waals surface area contributed by atoms with Crippen LogP contribution in [0.25, 0.3) is 10.4 Å². The van der Waals surface area contributed by atoms with Gasteiger partial charge in [-0.1, -0.05) is 91.4 Å². The first-order valence-corrected chi connectivity index (χ1v) is 18.4. The molecule has 0 unspecified atom stereocenters. The molecule has 2 rings (SSSR count). The highest BCUT2D eigenvalue weighted by molar-refractivity contribution is 8.18. The Balaban J connectivity index is 0.000000716. The third-order valence-electron chi connectivity index (χ3n) is 5.92. The number of carbonyl (C=O) groups excluding carboxylic acids is 6. The van der Waals surface area contributed by atoms with Gasteiger partial charge in [0.25, 0.3) is 0 Å². The van der Waals surface area contributed by atoms with E-state index in [1.54, 1.807) is 6.92 Å². The predicted molar refractivity (Wildman–Crippen MR) is 197 cm³/mol. The summed E-state index contributed by atoms with van der Waals surface area (Å²) < 4.78 is 0. The van der Waals surface area contributed by atoms with E-state index in [-0.39, 0.29) is 54.0 Å². The molecule has 0 heterocycles. The Bertz CT molecular complexity index is 1280. The largest absolute Gasteiger partial charge is 0.356 e. The number of nitrogens with one attached hydrogen (secondary N) is 5. The molecular weight excluding hydrogens is 667 g/mol. The zero-order chi connectivity index (χ0) is 36.7. The average molecular weight is 717 g/mol. The smallest absolute Gasteiger partial charge is 0.221 e. The van der Waals surface area contributed by atoms with Crippen LogP contribution in [0.1, 0.15) is 53.4 Å². The fourth-order valence-corrected chi connectivity index (χ4v) is 7.30. The van der Waals surface area contributed by atoms with Gasteiger partial charge in [-0.2, -0.15) is 0 Å². The maximum absolute atomic E-state index is 11.6. The normalized spacial score (nSPS) is 9.65. The lowest BCUT2D eigenvalue weighted by molar-refractivity contribution is -0.123. The van der Waals surface area contributed by atoms with Crippen molar-refractivity contribution in [2.45, 2.75) is 53.4 Å². The molecule has 49 heavy (non-hydrogen) atoms. The molecule has 0 aliphatic heterocycles. The molecule has 0 fully saturated rings. The van der Waals surface area contributed by atoms with Gasteiger partial charge in [-0.25, -0.2) is 0 Å². The lowest BCUT2D eigenvalue weighted by atomic mass is 10.4. The third-order valence-corrected chi connectivity index (χ3v) is 9.92. The highest BCUT2D eigenvalue weighted by Gasteiger charge is 2.15. The average Bonchev–Trinajstić information content (AvgIpc) is 3.09. The molecule has 0 spiro atoms. The van der Waals surface area contributed by atoms with Gasteiger partial charge in [-0.15, -0.1) is 0 Å². The first-order chi connectivity index (χ1) is 23.5. The molecular formula is C33H49N8O6PS. The van der Waals surface area contributed by atoms with Gasteiger partial charge in [0.05, 0.1) is 0 Å². The number of nitrogens with zero attached hydrogens (tertiary/aromatic N) is 3. The van der Waals surface area contributed by atoms with Crippen LogP contribution in [0.2, 0.25) is 0 Å².